The van der Waals surface area contributed by atoms with Crippen molar-refractivity contribution in [2.24, 2.45) is 0 Å². The number of hydrogen-bond acceptors (Lipinski definition) is 3. The monoisotopic (exact) mass is 229 g/mol. The molecule has 0 N–H and O–H groups in total. The maximum Gasteiger partial charge on any atom is 0.159 e. The van der Waals surface area contributed by atoms with E-state index in [2.05, 4.69) is 16.9 Å². The minimum absolute atomic E-state index is 0.0470. The lowest BCUT2D eigenvalue weighted by Gasteiger charge is -2.06. The smallest absolute Gasteiger partial charge is 0.159 e. The first-order valence-electron chi connectivity index (χ1n) is 5.72. The first-order valence-corrected chi connectivity index (χ1v) is 5.72. The van der Waals surface area contributed by atoms with Crippen LogP contribution in [0.2, 0.25) is 0 Å². The number of nitrogens with zero attached hydrogens (tertiary/aromatic N) is 3. The van der Waals surface area contributed by atoms with Crippen molar-refractivity contribution in [3.63, 3.8) is 0 Å². The quantitative estimate of drug-likeness (QED) is 0.756. The van der Waals surface area contributed by atoms with Crippen molar-refractivity contribution in [3.05, 3.63) is 42.1 Å². The normalized spacial score (nSPS) is 10.5. The Hall–Kier alpha value is -1.97. The number of aryl methyl sites for hydroxylation is 1. The summed E-state index contributed by atoms with van der Waals surface area (Å²) in [6.07, 6.45) is 7.22. The van der Waals surface area contributed by atoms with E-state index in [4.69, 9.17) is 0 Å². The Morgan fingerprint density at radius 1 is 1.35 bits per heavy atom. The second kappa shape index (κ2) is 4.91. The average Bonchev–Trinajstić information content (AvgIpc) is 2.78. The molecule has 0 radical (unpaired) electrons. The molecular weight excluding hydrogens is 214 g/mol. The molecule has 2 aromatic heterocycles. The molecule has 4 nitrogen and oxygen atoms in total. The van der Waals surface area contributed by atoms with E-state index >= 15 is 0 Å². The van der Waals surface area contributed by atoms with E-state index in [1.165, 1.54) is 0 Å². The standard InChI is InChI=1S/C13H15N3O/c1-3-4-12-15-7-8-16(12)13-9-11(10(2)17)5-6-14-13/h5-9H,3-4H2,1-2H3. The Bertz CT molecular complexity index is 531. The number of carbonyl (C=O) groups is 1. The zero-order valence-corrected chi connectivity index (χ0v) is 10.1. The Morgan fingerprint density at radius 2 is 2.18 bits per heavy atom. The number of aromatic nitrogens is 3. The van der Waals surface area contributed by atoms with Crippen molar-refractivity contribution in [1.82, 2.24) is 14.5 Å². The predicted molar refractivity (Wildman–Crippen MR) is 65.4 cm³/mol. The van der Waals surface area contributed by atoms with Crippen LogP contribution in [0, 0.1) is 0 Å². The molecule has 17 heavy (non-hydrogen) atoms. The zero-order chi connectivity index (χ0) is 12.3. The lowest BCUT2D eigenvalue weighted by atomic mass is 10.2. The third kappa shape index (κ3) is 2.41. The van der Waals surface area contributed by atoms with Gasteiger partial charge in [0.15, 0.2) is 5.78 Å². The fourth-order valence-electron chi connectivity index (χ4n) is 1.72. The zero-order valence-electron chi connectivity index (χ0n) is 10.1. The van der Waals surface area contributed by atoms with Gasteiger partial charge in [0.25, 0.3) is 0 Å². The summed E-state index contributed by atoms with van der Waals surface area (Å²) < 4.78 is 1.93. The fourth-order valence-corrected chi connectivity index (χ4v) is 1.72. The minimum atomic E-state index is 0.0470. The van der Waals surface area contributed by atoms with E-state index in [9.17, 15) is 4.79 Å². The van der Waals surface area contributed by atoms with Crippen molar-refractivity contribution >= 4 is 5.78 Å². The van der Waals surface area contributed by atoms with Crippen LogP contribution in [-0.2, 0) is 6.42 Å². The number of carbonyl (C=O) groups excluding carboxylic acids is 1. The first-order chi connectivity index (χ1) is 8.22. The molecule has 0 bridgehead atoms. The van der Waals surface area contributed by atoms with Crippen molar-refractivity contribution in [3.8, 4) is 5.82 Å². The van der Waals surface area contributed by atoms with Crippen molar-refractivity contribution in [2.45, 2.75) is 26.7 Å². The topological polar surface area (TPSA) is 47.8 Å². The van der Waals surface area contributed by atoms with Crippen molar-refractivity contribution in [2.75, 3.05) is 0 Å². The molecule has 0 aliphatic carbocycles. The molecule has 0 saturated carbocycles. The third-order valence-corrected chi connectivity index (χ3v) is 2.59. The van der Waals surface area contributed by atoms with Gasteiger partial charge in [0, 0.05) is 30.6 Å². The number of hydrogen-bond donors (Lipinski definition) is 0. The number of pyridine rings is 1. The summed E-state index contributed by atoms with van der Waals surface area (Å²) >= 11 is 0. The molecule has 2 aromatic rings. The summed E-state index contributed by atoms with van der Waals surface area (Å²) in [6, 6.07) is 3.52. The van der Waals surface area contributed by atoms with Gasteiger partial charge in [-0.25, -0.2) is 9.97 Å². The van der Waals surface area contributed by atoms with Crippen molar-refractivity contribution in [1.29, 1.82) is 0 Å². The van der Waals surface area contributed by atoms with Gasteiger partial charge in [0.1, 0.15) is 11.6 Å². The highest BCUT2D eigenvalue weighted by Crippen LogP contribution is 2.11. The summed E-state index contributed by atoms with van der Waals surface area (Å²) in [5.74, 6) is 1.77. The molecule has 88 valence electrons. The number of rotatable bonds is 4. The van der Waals surface area contributed by atoms with Gasteiger partial charge in [-0.1, -0.05) is 6.92 Å². The molecule has 0 aliphatic heterocycles. The van der Waals surface area contributed by atoms with E-state index in [0.717, 1.165) is 24.5 Å². The SMILES string of the molecule is CCCc1nccn1-c1cc(C(C)=O)ccn1. The summed E-state index contributed by atoms with van der Waals surface area (Å²) in [7, 11) is 0. The summed E-state index contributed by atoms with van der Waals surface area (Å²) in [6.45, 7) is 3.67. The highest BCUT2D eigenvalue weighted by molar-refractivity contribution is 5.94. The lowest BCUT2D eigenvalue weighted by molar-refractivity contribution is 0.101. The molecular formula is C13H15N3O. The van der Waals surface area contributed by atoms with Gasteiger partial charge in [-0.2, -0.15) is 0 Å². The van der Waals surface area contributed by atoms with Crippen molar-refractivity contribution < 1.29 is 4.79 Å². The second-order valence-electron chi connectivity index (χ2n) is 3.92. The molecule has 0 amide bonds. The third-order valence-electron chi connectivity index (χ3n) is 2.59. The number of Topliss-reactive ketones (excluding diaryl/α,β-unsaturated/α-hetero) is 1. The van der Waals surface area contributed by atoms with Crippen LogP contribution in [0.5, 0.6) is 0 Å². The Balaban J connectivity index is 2.42. The van der Waals surface area contributed by atoms with Crippen LogP contribution in [0.15, 0.2) is 30.7 Å². The highest BCUT2D eigenvalue weighted by Gasteiger charge is 2.07. The van der Waals surface area contributed by atoms with E-state index < -0.39 is 0 Å². The highest BCUT2D eigenvalue weighted by atomic mass is 16.1. The lowest BCUT2D eigenvalue weighted by Crippen LogP contribution is -2.04. The fraction of sp³-hybridized carbons (Fsp3) is 0.308. The van der Waals surface area contributed by atoms with Crippen LogP contribution in [0.25, 0.3) is 5.82 Å². The molecule has 2 rings (SSSR count). The van der Waals surface area contributed by atoms with Crippen LogP contribution in [-0.4, -0.2) is 20.3 Å². The molecule has 4 heteroatoms. The number of ketones is 1. The maximum absolute atomic E-state index is 11.3. The minimum Gasteiger partial charge on any atom is -0.295 e. The van der Waals surface area contributed by atoms with Gasteiger partial charge in [0.05, 0.1) is 0 Å². The maximum atomic E-state index is 11.3. The largest absolute Gasteiger partial charge is 0.295 e. The molecule has 0 saturated heterocycles. The Kier molecular flexibility index (Phi) is 3.32. The predicted octanol–water partition coefficient (Wildman–Crippen LogP) is 2.42. The molecule has 0 spiro atoms. The Labute approximate surface area is 100 Å². The molecule has 0 aliphatic rings. The van der Waals surface area contributed by atoms with Crippen LogP contribution >= 0.6 is 0 Å². The van der Waals surface area contributed by atoms with Gasteiger partial charge in [-0.3, -0.25) is 9.36 Å². The van der Waals surface area contributed by atoms with E-state index in [0.29, 0.717) is 5.56 Å². The van der Waals surface area contributed by atoms with Crippen LogP contribution in [0.4, 0.5) is 0 Å². The number of imidazole rings is 1. The Morgan fingerprint density at radius 3 is 2.88 bits per heavy atom. The average molecular weight is 229 g/mol. The summed E-state index contributed by atoms with van der Waals surface area (Å²) in [4.78, 5) is 19.9. The first kappa shape index (κ1) is 11.5. The van der Waals surface area contributed by atoms with Gasteiger partial charge < -0.3 is 0 Å². The summed E-state index contributed by atoms with van der Waals surface area (Å²) in [5, 5.41) is 0. The van der Waals surface area contributed by atoms with Gasteiger partial charge in [-0.05, 0) is 25.5 Å². The van der Waals surface area contributed by atoms with Crippen LogP contribution in [0.3, 0.4) is 0 Å². The molecule has 0 aromatic carbocycles. The van der Waals surface area contributed by atoms with Crippen LogP contribution in [0.1, 0.15) is 36.5 Å². The van der Waals surface area contributed by atoms with E-state index in [1.54, 1.807) is 31.5 Å². The molecule has 0 unspecified atom stereocenters. The second-order valence-corrected chi connectivity index (χ2v) is 3.92. The van der Waals surface area contributed by atoms with Gasteiger partial charge in [-0.15, -0.1) is 0 Å². The van der Waals surface area contributed by atoms with Crippen LogP contribution < -0.4 is 0 Å². The molecule has 0 fully saturated rings. The van der Waals surface area contributed by atoms with Gasteiger partial charge >= 0.3 is 0 Å². The van der Waals surface area contributed by atoms with E-state index in [-0.39, 0.29) is 5.78 Å². The summed E-state index contributed by atoms with van der Waals surface area (Å²) in [5.41, 5.74) is 0.672. The van der Waals surface area contributed by atoms with Gasteiger partial charge in [0.2, 0.25) is 0 Å². The van der Waals surface area contributed by atoms with E-state index in [1.807, 2.05) is 10.8 Å². The molecule has 0 atom stereocenters. The molecule has 2 heterocycles.